The van der Waals surface area contributed by atoms with Crippen molar-refractivity contribution in [2.24, 2.45) is 5.14 Å². The summed E-state index contributed by atoms with van der Waals surface area (Å²) >= 11 is 2.78. The number of hydrogen-bond acceptors (Lipinski definition) is 6. The van der Waals surface area contributed by atoms with E-state index in [0.717, 1.165) is 16.2 Å². The molecule has 0 saturated heterocycles. The Kier molecular flexibility index (Phi) is 6.96. The lowest BCUT2D eigenvalue weighted by Crippen LogP contribution is -2.40. The summed E-state index contributed by atoms with van der Waals surface area (Å²) < 4.78 is 22.6. The number of hydrogen-bond donors (Lipinski definition) is 3. The van der Waals surface area contributed by atoms with E-state index in [4.69, 9.17) is 5.14 Å². The smallest absolute Gasteiger partial charge is 0.314 e. The Morgan fingerprint density at radius 1 is 1.28 bits per heavy atom. The monoisotopic (exact) mass is 402 g/mol. The number of nitrogens with one attached hydrogen (secondary N) is 2. The number of carbonyl (C=O) groups is 1. The molecule has 0 radical (unpaired) electrons. The maximum atomic E-state index is 11.9. The molecule has 0 fully saturated rings. The Morgan fingerprint density at radius 2 is 2.04 bits per heavy atom. The number of amides is 2. The van der Waals surface area contributed by atoms with Gasteiger partial charge in [-0.25, -0.2) is 18.4 Å². The molecule has 7 nitrogen and oxygen atoms in total. The number of nitrogens with zero attached hydrogens (tertiary/aromatic N) is 1. The largest absolute Gasteiger partial charge is 0.338 e. The van der Waals surface area contributed by atoms with Gasteiger partial charge < -0.3 is 15.5 Å². The highest BCUT2D eigenvalue weighted by Crippen LogP contribution is 2.22. The number of likely N-dealkylation sites (N-methyl/N-ethyl adjacent to an activating group) is 1. The summed E-state index contributed by atoms with van der Waals surface area (Å²) in [6, 6.07) is 7.12. The summed E-state index contributed by atoms with van der Waals surface area (Å²) in [6.07, 6.45) is 0.551. The van der Waals surface area contributed by atoms with E-state index in [0.29, 0.717) is 19.5 Å². The second-order valence-electron chi connectivity index (χ2n) is 5.65. The van der Waals surface area contributed by atoms with Gasteiger partial charge in [-0.2, -0.15) is 0 Å². The number of sulfonamides is 1. The highest BCUT2D eigenvalue weighted by atomic mass is 32.2. The van der Waals surface area contributed by atoms with Gasteiger partial charge in [0.05, 0.1) is 6.04 Å². The molecule has 2 amide bonds. The third-order valence-corrected chi connectivity index (χ3v) is 7.08. The van der Waals surface area contributed by atoms with Crippen LogP contribution in [-0.2, 0) is 16.4 Å². The topological polar surface area (TPSA) is 105 Å². The molecule has 0 saturated carbocycles. The summed E-state index contributed by atoms with van der Waals surface area (Å²) in [6.45, 7) is 0.927. The second-order valence-corrected chi connectivity index (χ2v) is 9.58. The summed E-state index contributed by atoms with van der Waals surface area (Å²) in [5.74, 6) is 0. The number of primary sulfonamides is 1. The average molecular weight is 403 g/mol. The first-order chi connectivity index (χ1) is 11.8. The van der Waals surface area contributed by atoms with Gasteiger partial charge in [0.15, 0.2) is 0 Å². The first kappa shape index (κ1) is 19.9. The van der Waals surface area contributed by atoms with E-state index in [-0.39, 0.29) is 16.3 Å². The van der Waals surface area contributed by atoms with Gasteiger partial charge in [-0.05, 0) is 44.1 Å². The molecule has 10 heteroatoms. The summed E-state index contributed by atoms with van der Waals surface area (Å²) in [4.78, 5) is 16.1. The minimum Gasteiger partial charge on any atom is -0.338 e. The van der Waals surface area contributed by atoms with E-state index in [1.165, 1.54) is 10.9 Å². The van der Waals surface area contributed by atoms with Crippen LogP contribution >= 0.6 is 22.7 Å². The molecule has 25 heavy (non-hydrogen) atoms. The van der Waals surface area contributed by atoms with E-state index in [9.17, 15) is 13.2 Å². The van der Waals surface area contributed by atoms with Crippen LogP contribution in [0.4, 0.5) is 4.79 Å². The van der Waals surface area contributed by atoms with Crippen molar-refractivity contribution in [3.63, 3.8) is 0 Å². The first-order valence-electron chi connectivity index (χ1n) is 7.60. The van der Waals surface area contributed by atoms with Crippen molar-refractivity contribution in [2.45, 2.75) is 16.7 Å². The van der Waals surface area contributed by atoms with Crippen molar-refractivity contribution < 1.29 is 13.2 Å². The van der Waals surface area contributed by atoms with Crippen LogP contribution in [0.1, 0.15) is 15.8 Å². The molecule has 138 valence electrons. The quantitative estimate of drug-likeness (QED) is 0.624. The molecule has 0 aliphatic heterocycles. The lowest BCUT2D eigenvalue weighted by atomic mass is 10.2. The van der Waals surface area contributed by atoms with Crippen LogP contribution < -0.4 is 15.8 Å². The second kappa shape index (κ2) is 8.77. The SMILES string of the molecule is CN(C)[C@@H](CNC(=O)NCCc1ccc(S(N)(=O)=O)s1)c1cccs1. The number of urea groups is 1. The Morgan fingerprint density at radius 3 is 2.60 bits per heavy atom. The molecule has 2 heterocycles. The van der Waals surface area contributed by atoms with Gasteiger partial charge in [-0.1, -0.05) is 6.07 Å². The Hall–Kier alpha value is -1.46. The van der Waals surface area contributed by atoms with Crippen LogP contribution in [0.25, 0.3) is 0 Å². The Labute approximate surface area is 155 Å². The Bertz CT molecular complexity index is 785. The van der Waals surface area contributed by atoms with Gasteiger partial charge in [0, 0.05) is 22.8 Å². The van der Waals surface area contributed by atoms with Crippen LogP contribution in [0.15, 0.2) is 33.9 Å². The van der Waals surface area contributed by atoms with Crippen LogP contribution in [0.5, 0.6) is 0 Å². The third kappa shape index (κ3) is 6.08. The van der Waals surface area contributed by atoms with E-state index in [1.54, 1.807) is 17.4 Å². The maximum absolute atomic E-state index is 11.9. The standard InChI is InChI=1S/C15H22N4O3S3/c1-19(2)12(13-4-3-9-23-13)10-18-15(20)17-8-7-11-5-6-14(24-11)25(16,21)22/h3-6,9,12H,7-8,10H2,1-2H3,(H2,16,21,22)(H2,17,18,20)/t12-/m0/s1. The predicted molar refractivity (Wildman–Crippen MR) is 102 cm³/mol. The van der Waals surface area contributed by atoms with Crippen molar-refractivity contribution in [3.8, 4) is 0 Å². The van der Waals surface area contributed by atoms with Gasteiger partial charge >= 0.3 is 6.03 Å². The number of carbonyl (C=O) groups excluding carboxylic acids is 1. The molecule has 0 spiro atoms. The van der Waals surface area contributed by atoms with E-state index in [1.807, 2.05) is 25.5 Å². The van der Waals surface area contributed by atoms with Crippen molar-refractivity contribution >= 4 is 38.7 Å². The zero-order valence-electron chi connectivity index (χ0n) is 14.1. The van der Waals surface area contributed by atoms with E-state index >= 15 is 0 Å². The molecule has 2 aromatic heterocycles. The summed E-state index contributed by atoms with van der Waals surface area (Å²) in [5.41, 5.74) is 0. The van der Waals surface area contributed by atoms with E-state index in [2.05, 4.69) is 21.6 Å². The van der Waals surface area contributed by atoms with Gasteiger partial charge in [0.2, 0.25) is 10.0 Å². The number of nitrogens with two attached hydrogens (primary N) is 1. The average Bonchev–Trinajstić information content (AvgIpc) is 3.18. The molecular weight excluding hydrogens is 380 g/mol. The maximum Gasteiger partial charge on any atom is 0.314 e. The minimum atomic E-state index is -3.66. The molecule has 0 aliphatic rings. The van der Waals surface area contributed by atoms with Gasteiger partial charge in [-0.3, -0.25) is 0 Å². The number of thiophene rings is 2. The first-order valence-corrected chi connectivity index (χ1v) is 10.8. The van der Waals surface area contributed by atoms with Crippen molar-refractivity contribution in [1.29, 1.82) is 0 Å². The molecule has 0 bridgehead atoms. The Balaban J connectivity index is 1.76. The number of rotatable bonds is 8. The molecule has 0 aliphatic carbocycles. The van der Waals surface area contributed by atoms with Gasteiger partial charge in [-0.15, -0.1) is 22.7 Å². The molecule has 1 atom stereocenters. The molecular formula is C15H22N4O3S3. The highest BCUT2D eigenvalue weighted by Gasteiger charge is 2.16. The molecule has 2 rings (SSSR count). The lowest BCUT2D eigenvalue weighted by molar-refractivity contribution is 0.233. The highest BCUT2D eigenvalue weighted by molar-refractivity contribution is 7.91. The molecule has 2 aromatic rings. The fourth-order valence-corrected chi connectivity index (χ4v) is 4.92. The van der Waals surface area contributed by atoms with Gasteiger partial charge in [0.25, 0.3) is 0 Å². The van der Waals surface area contributed by atoms with Crippen molar-refractivity contribution in [3.05, 3.63) is 39.4 Å². The van der Waals surface area contributed by atoms with Crippen LogP contribution in [0, 0.1) is 0 Å². The third-order valence-electron chi connectivity index (χ3n) is 3.53. The zero-order valence-corrected chi connectivity index (χ0v) is 16.5. The van der Waals surface area contributed by atoms with Crippen LogP contribution in [0.2, 0.25) is 0 Å². The van der Waals surface area contributed by atoms with Crippen molar-refractivity contribution in [1.82, 2.24) is 15.5 Å². The fraction of sp³-hybridized carbons (Fsp3) is 0.400. The van der Waals surface area contributed by atoms with E-state index < -0.39 is 10.0 Å². The van der Waals surface area contributed by atoms with Crippen molar-refractivity contribution in [2.75, 3.05) is 27.2 Å². The fourth-order valence-electron chi connectivity index (χ4n) is 2.22. The van der Waals surface area contributed by atoms with Crippen LogP contribution in [-0.4, -0.2) is 46.5 Å². The minimum absolute atomic E-state index is 0.125. The normalized spacial score (nSPS) is 13.0. The summed E-state index contributed by atoms with van der Waals surface area (Å²) in [7, 11) is 0.296. The molecule has 0 aromatic carbocycles. The van der Waals surface area contributed by atoms with Crippen LogP contribution in [0.3, 0.4) is 0 Å². The lowest BCUT2D eigenvalue weighted by Gasteiger charge is -2.23. The zero-order chi connectivity index (χ0) is 18.4. The molecule has 0 unspecified atom stereocenters. The predicted octanol–water partition coefficient (Wildman–Crippen LogP) is 1.60. The van der Waals surface area contributed by atoms with Gasteiger partial charge in [0.1, 0.15) is 4.21 Å². The molecule has 4 N–H and O–H groups in total. The summed E-state index contributed by atoms with van der Waals surface area (Å²) in [5, 5.41) is 12.7.